The van der Waals surface area contributed by atoms with Crippen molar-refractivity contribution >= 4 is 5.91 Å². The van der Waals surface area contributed by atoms with Crippen LogP contribution in [0.5, 0.6) is 0 Å². The van der Waals surface area contributed by atoms with Crippen LogP contribution in [0.4, 0.5) is 0 Å². The fourth-order valence-electron chi connectivity index (χ4n) is 2.10. The first-order valence-electron chi connectivity index (χ1n) is 6.58. The second kappa shape index (κ2) is 6.24. The van der Waals surface area contributed by atoms with E-state index < -0.39 is 0 Å². The summed E-state index contributed by atoms with van der Waals surface area (Å²) in [6.07, 6.45) is 3.95. The van der Waals surface area contributed by atoms with E-state index in [0.29, 0.717) is 24.2 Å². The lowest BCUT2D eigenvalue weighted by molar-refractivity contribution is -0.131. The minimum Gasteiger partial charge on any atom is -0.341 e. The van der Waals surface area contributed by atoms with Crippen molar-refractivity contribution in [3.8, 4) is 0 Å². The van der Waals surface area contributed by atoms with Crippen molar-refractivity contribution in [2.75, 3.05) is 13.1 Å². The highest BCUT2D eigenvalue weighted by Gasteiger charge is 2.23. The molecule has 1 aliphatic rings. The minimum atomic E-state index is 0.127. The van der Waals surface area contributed by atoms with E-state index >= 15 is 0 Å². The topological polar surface area (TPSA) is 46.3 Å². The molecule has 16 heavy (non-hydrogen) atoms. The summed E-state index contributed by atoms with van der Waals surface area (Å²) in [6, 6.07) is 0.127. The fourth-order valence-corrected chi connectivity index (χ4v) is 2.10. The van der Waals surface area contributed by atoms with Crippen molar-refractivity contribution in [2.24, 2.45) is 17.6 Å². The number of carbonyl (C=O) groups is 1. The standard InChI is InChI=1S/C13H26N2O/c1-4-11(3)12(14)9-15-8-7-10(2)5-6-13(15)16/h10-12H,4-9,14H2,1-3H3. The van der Waals surface area contributed by atoms with Crippen molar-refractivity contribution in [1.29, 1.82) is 0 Å². The Kier molecular flexibility index (Phi) is 5.26. The summed E-state index contributed by atoms with van der Waals surface area (Å²) in [4.78, 5) is 13.8. The highest BCUT2D eigenvalue weighted by atomic mass is 16.2. The van der Waals surface area contributed by atoms with E-state index in [-0.39, 0.29) is 6.04 Å². The molecule has 1 rings (SSSR count). The zero-order chi connectivity index (χ0) is 12.1. The van der Waals surface area contributed by atoms with Crippen LogP contribution in [0.2, 0.25) is 0 Å². The van der Waals surface area contributed by atoms with Crippen LogP contribution in [-0.4, -0.2) is 29.9 Å². The predicted octanol–water partition coefficient (Wildman–Crippen LogP) is 2.01. The molecule has 0 radical (unpaired) electrons. The maximum atomic E-state index is 11.9. The van der Waals surface area contributed by atoms with Gasteiger partial charge in [-0.2, -0.15) is 0 Å². The highest BCUT2D eigenvalue weighted by molar-refractivity contribution is 5.76. The Bertz CT molecular complexity index is 230. The van der Waals surface area contributed by atoms with Gasteiger partial charge in [0.1, 0.15) is 0 Å². The average Bonchev–Trinajstić information content (AvgIpc) is 2.43. The maximum absolute atomic E-state index is 11.9. The molecular formula is C13H26N2O. The molecule has 3 heteroatoms. The predicted molar refractivity (Wildman–Crippen MR) is 67.0 cm³/mol. The van der Waals surface area contributed by atoms with Gasteiger partial charge in [-0.1, -0.05) is 27.2 Å². The Morgan fingerprint density at radius 2 is 2.19 bits per heavy atom. The van der Waals surface area contributed by atoms with Gasteiger partial charge in [0.25, 0.3) is 0 Å². The van der Waals surface area contributed by atoms with Crippen LogP contribution in [0, 0.1) is 11.8 Å². The highest BCUT2D eigenvalue weighted by Crippen LogP contribution is 2.18. The fraction of sp³-hybridized carbons (Fsp3) is 0.923. The summed E-state index contributed by atoms with van der Waals surface area (Å²) < 4.78 is 0. The van der Waals surface area contributed by atoms with Crippen LogP contribution >= 0.6 is 0 Å². The molecule has 3 nitrogen and oxygen atoms in total. The van der Waals surface area contributed by atoms with Crippen molar-refractivity contribution in [2.45, 2.75) is 52.5 Å². The van der Waals surface area contributed by atoms with Gasteiger partial charge in [-0.05, 0) is 24.7 Å². The third-order valence-electron chi connectivity index (χ3n) is 3.90. The number of hydrogen-bond acceptors (Lipinski definition) is 2. The number of likely N-dealkylation sites (tertiary alicyclic amines) is 1. The molecule has 1 fully saturated rings. The van der Waals surface area contributed by atoms with Gasteiger partial charge in [-0.15, -0.1) is 0 Å². The maximum Gasteiger partial charge on any atom is 0.222 e. The van der Waals surface area contributed by atoms with E-state index in [0.717, 1.165) is 32.4 Å². The van der Waals surface area contributed by atoms with Crippen LogP contribution in [0.1, 0.15) is 46.5 Å². The molecule has 0 aromatic rings. The van der Waals surface area contributed by atoms with Crippen LogP contribution in [0.3, 0.4) is 0 Å². The number of hydrogen-bond donors (Lipinski definition) is 1. The Balaban J connectivity index is 2.48. The van der Waals surface area contributed by atoms with Gasteiger partial charge in [-0.25, -0.2) is 0 Å². The first-order valence-corrected chi connectivity index (χ1v) is 6.58. The summed E-state index contributed by atoms with van der Waals surface area (Å²) in [7, 11) is 0. The number of amides is 1. The molecular weight excluding hydrogens is 200 g/mol. The van der Waals surface area contributed by atoms with Gasteiger partial charge < -0.3 is 10.6 Å². The zero-order valence-corrected chi connectivity index (χ0v) is 10.9. The molecule has 2 N–H and O–H groups in total. The quantitative estimate of drug-likeness (QED) is 0.797. The molecule has 1 amide bonds. The monoisotopic (exact) mass is 226 g/mol. The van der Waals surface area contributed by atoms with Crippen molar-refractivity contribution in [1.82, 2.24) is 4.90 Å². The van der Waals surface area contributed by atoms with Crippen molar-refractivity contribution < 1.29 is 4.79 Å². The third-order valence-corrected chi connectivity index (χ3v) is 3.90. The molecule has 3 atom stereocenters. The lowest BCUT2D eigenvalue weighted by Gasteiger charge is -2.27. The molecule has 3 unspecified atom stereocenters. The van der Waals surface area contributed by atoms with E-state index in [2.05, 4.69) is 20.8 Å². The number of nitrogens with zero attached hydrogens (tertiary/aromatic N) is 1. The van der Waals surface area contributed by atoms with E-state index in [1.54, 1.807) is 0 Å². The molecule has 0 aromatic carbocycles. The lowest BCUT2D eigenvalue weighted by atomic mass is 9.99. The van der Waals surface area contributed by atoms with E-state index in [9.17, 15) is 4.79 Å². The summed E-state index contributed by atoms with van der Waals surface area (Å²) in [6.45, 7) is 8.17. The summed E-state index contributed by atoms with van der Waals surface area (Å²) in [5.41, 5.74) is 6.11. The Hall–Kier alpha value is -0.570. The molecule has 1 saturated heterocycles. The first kappa shape index (κ1) is 13.5. The molecule has 1 heterocycles. The summed E-state index contributed by atoms with van der Waals surface area (Å²) in [5, 5.41) is 0. The molecule has 0 bridgehead atoms. The van der Waals surface area contributed by atoms with Crippen LogP contribution < -0.4 is 5.73 Å². The molecule has 0 aliphatic carbocycles. The first-order chi connectivity index (χ1) is 7.54. The second-order valence-corrected chi connectivity index (χ2v) is 5.32. The number of rotatable bonds is 4. The average molecular weight is 226 g/mol. The molecule has 94 valence electrons. The van der Waals surface area contributed by atoms with Gasteiger partial charge in [0.2, 0.25) is 5.91 Å². The van der Waals surface area contributed by atoms with Gasteiger partial charge in [-0.3, -0.25) is 4.79 Å². The van der Waals surface area contributed by atoms with Crippen LogP contribution in [0.25, 0.3) is 0 Å². The van der Waals surface area contributed by atoms with Crippen molar-refractivity contribution in [3.05, 3.63) is 0 Å². The minimum absolute atomic E-state index is 0.127. The summed E-state index contributed by atoms with van der Waals surface area (Å²) >= 11 is 0. The zero-order valence-electron chi connectivity index (χ0n) is 10.9. The van der Waals surface area contributed by atoms with Crippen LogP contribution in [-0.2, 0) is 4.79 Å². The Labute approximate surface area is 99.4 Å². The Morgan fingerprint density at radius 3 is 2.81 bits per heavy atom. The molecule has 0 saturated carbocycles. The van der Waals surface area contributed by atoms with E-state index in [4.69, 9.17) is 5.73 Å². The second-order valence-electron chi connectivity index (χ2n) is 5.32. The number of nitrogens with two attached hydrogens (primary N) is 1. The Morgan fingerprint density at radius 1 is 1.50 bits per heavy atom. The van der Waals surface area contributed by atoms with Gasteiger partial charge in [0, 0.05) is 25.6 Å². The molecule has 1 aliphatic heterocycles. The third kappa shape index (κ3) is 3.78. The van der Waals surface area contributed by atoms with Gasteiger partial charge in [0.05, 0.1) is 0 Å². The van der Waals surface area contributed by atoms with E-state index in [1.807, 2.05) is 4.90 Å². The van der Waals surface area contributed by atoms with Crippen molar-refractivity contribution in [3.63, 3.8) is 0 Å². The van der Waals surface area contributed by atoms with Crippen LogP contribution in [0.15, 0.2) is 0 Å². The lowest BCUT2D eigenvalue weighted by Crippen LogP contribution is -2.44. The largest absolute Gasteiger partial charge is 0.341 e. The molecule has 0 aromatic heterocycles. The van der Waals surface area contributed by atoms with Gasteiger partial charge in [0.15, 0.2) is 0 Å². The van der Waals surface area contributed by atoms with E-state index in [1.165, 1.54) is 0 Å². The smallest absolute Gasteiger partial charge is 0.222 e. The normalized spacial score (nSPS) is 26.4. The molecule has 0 spiro atoms. The number of carbonyl (C=O) groups excluding carboxylic acids is 1. The van der Waals surface area contributed by atoms with Gasteiger partial charge >= 0.3 is 0 Å². The summed E-state index contributed by atoms with van der Waals surface area (Å²) in [5.74, 6) is 1.46. The SMILES string of the molecule is CCC(C)C(N)CN1CCC(C)CCC1=O.